The average Bonchev–Trinajstić information content (AvgIpc) is 2.77. The number of rotatable bonds is 4. The summed E-state index contributed by atoms with van der Waals surface area (Å²) in [6.07, 6.45) is 0. The van der Waals surface area contributed by atoms with Gasteiger partial charge in [-0.2, -0.15) is 0 Å². The molecule has 6 heteroatoms. The first-order valence-corrected chi connectivity index (χ1v) is 6.95. The normalized spacial score (nSPS) is 10.1. The van der Waals surface area contributed by atoms with Gasteiger partial charge in [0.1, 0.15) is 4.88 Å². The number of nitrogens with zero attached hydrogens (tertiary/aromatic N) is 1. The Balaban J connectivity index is 2.02. The molecule has 0 atom stereocenters. The van der Waals surface area contributed by atoms with Crippen molar-refractivity contribution in [2.45, 2.75) is 20.4 Å². The SMILES string of the molecule is CC(=O)Nc1nc(C)c(C(=O)NCc2ccccc2)s1. The number of carbonyl (C=O) groups excluding carboxylic acids is 2. The summed E-state index contributed by atoms with van der Waals surface area (Å²) in [5.74, 6) is -0.379. The minimum absolute atomic E-state index is 0.180. The van der Waals surface area contributed by atoms with Gasteiger partial charge < -0.3 is 10.6 Å². The molecule has 1 heterocycles. The molecule has 1 aromatic heterocycles. The van der Waals surface area contributed by atoms with Crippen LogP contribution in [0.3, 0.4) is 0 Å². The lowest BCUT2D eigenvalue weighted by Gasteiger charge is -2.03. The van der Waals surface area contributed by atoms with Crippen LogP contribution < -0.4 is 10.6 Å². The first-order valence-electron chi connectivity index (χ1n) is 6.13. The number of thiazole rings is 1. The van der Waals surface area contributed by atoms with E-state index in [1.54, 1.807) is 6.92 Å². The topological polar surface area (TPSA) is 71.1 Å². The maximum absolute atomic E-state index is 12.1. The minimum Gasteiger partial charge on any atom is -0.347 e. The number of hydrogen-bond donors (Lipinski definition) is 2. The third-order valence-electron chi connectivity index (χ3n) is 2.58. The summed E-state index contributed by atoms with van der Waals surface area (Å²) in [6.45, 7) is 3.62. The number of aromatic nitrogens is 1. The third kappa shape index (κ3) is 3.64. The number of anilines is 1. The number of aryl methyl sites for hydroxylation is 1. The first-order chi connectivity index (χ1) is 9.56. The molecule has 0 saturated carbocycles. The molecule has 0 aliphatic rings. The van der Waals surface area contributed by atoms with Gasteiger partial charge in [0.25, 0.3) is 5.91 Å². The number of carbonyl (C=O) groups is 2. The molecule has 2 aromatic rings. The van der Waals surface area contributed by atoms with Crippen LogP contribution in [-0.2, 0) is 11.3 Å². The zero-order chi connectivity index (χ0) is 14.5. The molecule has 0 fully saturated rings. The minimum atomic E-state index is -0.199. The van der Waals surface area contributed by atoms with Crippen LogP contribution in [0.15, 0.2) is 30.3 Å². The van der Waals surface area contributed by atoms with E-state index >= 15 is 0 Å². The summed E-state index contributed by atoms with van der Waals surface area (Å²) >= 11 is 1.18. The van der Waals surface area contributed by atoms with Gasteiger partial charge in [0.2, 0.25) is 5.91 Å². The molecule has 0 aliphatic heterocycles. The highest BCUT2D eigenvalue weighted by Crippen LogP contribution is 2.22. The van der Waals surface area contributed by atoms with Crippen LogP contribution in [0, 0.1) is 6.92 Å². The van der Waals surface area contributed by atoms with E-state index in [-0.39, 0.29) is 11.8 Å². The van der Waals surface area contributed by atoms with Crippen molar-refractivity contribution >= 4 is 28.3 Å². The van der Waals surface area contributed by atoms with Crippen LogP contribution in [0.25, 0.3) is 0 Å². The molecular weight excluding hydrogens is 274 g/mol. The molecule has 2 N–H and O–H groups in total. The van der Waals surface area contributed by atoms with E-state index in [1.165, 1.54) is 18.3 Å². The lowest BCUT2D eigenvalue weighted by Crippen LogP contribution is -2.22. The molecule has 1 aromatic carbocycles. The van der Waals surface area contributed by atoms with Gasteiger partial charge in [0.05, 0.1) is 5.69 Å². The highest BCUT2D eigenvalue weighted by atomic mass is 32.1. The van der Waals surface area contributed by atoms with E-state index in [2.05, 4.69) is 15.6 Å². The fraction of sp³-hybridized carbons (Fsp3) is 0.214. The highest BCUT2D eigenvalue weighted by molar-refractivity contribution is 7.17. The van der Waals surface area contributed by atoms with Crippen molar-refractivity contribution in [1.82, 2.24) is 10.3 Å². The van der Waals surface area contributed by atoms with Crippen LogP contribution >= 0.6 is 11.3 Å². The molecule has 5 nitrogen and oxygen atoms in total. The van der Waals surface area contributed by atoms with Gasteiger partial charge in [-0.3, -0.25) is 9.59 Å². The van der Waals surface area contributed by atoms with Crippen LogP contribution in [0.5, 0.6) is 0 Å². The predicted octanol–water partition coefficient (Wildman–Crippen LogP) is 2.34. The standard InChI is InChI=1S/C14H15N3O2S/c1-9-12(20-14(16-9)17-10(2)18)13(19)15-8-11-6-4-3-5-7-11/h3-7H,8H2,1-2H3,(H,15,19)(H,16,17,18). The van der Waals surface area contributed by atoms with Crippen LogP contribution in [0.1, 0.15) is 27.9 Å². The van der Waals surface area contributed by atoms with Crippen LogP contribution in [-0.4, -0.2) is 16.8 Å². The van der Waals surface area contributed by atoms with Crippen LogP contribution in [0.2, 0.25) is 0 Å². The second-order valence-electron chi connectivity index (χ2n) is 4.28. The first kappa shape index (κ1) is 14.2. The summed E-state index contributed by atoms with van der Waals surface area (Å²) < 4.78 is 0. The fourth-order valence-corrected chi connectivity index (χ4v) is 2.60. The molecule has 0 unspecified atom stereocenters. The molecule has 20 heavy (non-hydrogen) atoms. The zero-order valence-corrected chi connectivity index (χ0v) is 12.1. The number of nitrogens with one attached hydrogen (secondary N) is 2. The smallest absolute Gasteiger partial charge is 0.263 e. The van der Waals surface area contributed by atoms with E-state index in [9.17, 15) is 9.59 Å². The Morgan fingerprint density at radius 1 is 1.25 bits per heavy atom. The van der Waals surface area contributed by atoms with Crippen molar-refractivity contribution in [3.05, 3.63) is 46.5 Å². The molecule has 0 bridgehead atoms. The predicted molar refractivity (Wildman–Crippen MR) is 78.8 cm³/mol. The van der Waals surface area contributed by atoms with E-state index in [0.29, 0.717) is 22.2 Å². The summed E-state index contributed by atoms with van der Waals surface area (Å²) in [5.41, 5.74) is 1.65. The van der Waals surface area contributed by atoms with E-state index in [4.69, 9.17) is 0 Å². The van der Waals surface area contributed by atoms with Crippen molar-refractivity contribution in [2.75, 3.05) is 5.32 Å². The zero-order valence-electron chi connectivity index (χ0n) is 11.3. The van der Waals surface area contributed by atoms with Gasteiger partial charge in [-0.05, 0) is 12.5 Å². The van der Waals surface area contributed by atoms with E-state index < -0.39 is 0 Å². The quantitative estimate of drug-likeness (QED) is 0.907. The summed E-state index contributed by atoms with van der Waals surface area (Å²) in [7, 11) is 0. The maximum Gasteiger partial charge on any atom is 0.263 e. The molecule has 0 saturated heterocycles. The number of amides is 2. The number of benzene rings is 1. The molecule has 104 valence electrons. The van der Waals surface area contributed by atoms with Gasteiger partial charge in [0.15, 0.2) is 5.13 Å². The van der Waals surface area contributed by atoms with Crippen molar-refractivity contribution in [2.24, 2.45) is 0 Å². The van der Waals surface area contributed by atoms with Crippen molar-refractivity contribution in [1.29, 1.82) is 0 Å². The van der Waals surface area contributed by atoms with E-state index in [1.807, 2.05) is 30.3 Å². The van der Waals surface area contributed by atoms with Gasteiger partial charge in [-0.1, -0.05) is 41.7 Å². The van der Waals surface area contributed by atoms with Crippen molar-refractivity contribution < 1.29 is 9.59 Å². The second kappa shape index (κ2) is 6.29. The lowest BCUT2D eigenvalue weighted by atomic mass is 10.2. The van der Waals surface area contributed by atoms with Crippen LogP contribution in [0.4, 0.5) is 5.13 Å². The maximum atomic E-state index is 12.1. The summed E-state index contributed by atoms with van der Waals surface area (Å²) in [4.78, 5) is 27.7. The Bertz CT molecular complexity index is 623. The summed E-state index contributed by atoms with van der Waals surface area (Å²) in [5, 5.41) is 5.87. The van der Waals surface area contributed by atoms with Gasteiger partial charge >= 0.3 is 0 Å². The third-order valence-corrected chi connectivity index (χ3v) is 3.65. The molecule has 2 rings (SSSR count). The summed E-state index contributed by atoms with van der Waals surface area (Å²) in [6, 6.07) is 9.67. The van der Waals surface area contributed by atoms with Crippen molar-refractivity contribution in [3.63, 3.8) is 0 Å². The Morgan fingerprint density at radius 3 is 2.60 bits per heavy atom. The molecule has 0 aliphatic carbocycles. The largest absolute Gasteiger partial charge is 0.347 e. The lowest BCUT2D eigenvalue weighted by molar-refractivity contribution is -0.114. The highest BCUT2D eigenvalue weighted by Gasteiger charge is 2.15. The Hall–Kier alpha value is -2.21. The molecule has 0 spiro atoms. The Labute approximate surface area is 121 Å². The Kier molecular flexibility index (Phi) is 4.47. The fourth-order valence-electron chi connectivity index (χ4n) is 1.67. The molecular formula is C14H15N3O2S. The van der Waals surface area contributed by atoms with Gasteiger partial charge in [-0.25, -0.2) is 4.98 Å². The van der Waals surface area contributed by atoms with E-state index in [0.717, 1.165) is 5.56 Å². The van der Waals surface area contributed by atoms with Gasteiger partial charge in [-0.15, -0.1) is 0 Å². The monoisotopic (exact) mass is 289 g/mol. The Morgan fingerprint density at radius 2 is 1.95 bits per heavy atom. The average molecular weight is 289 g/mol. The molecule has 2 amide bonds. The number of hydrogen-bond acceptors (Lipinski definition) is 4. The second-order valence-corrected chi connectivity index (χ2v) is 5.28. The molecule has 0 radical (unpaired) electrons. The van der Waals surface area contributed by atoms with Gasteiger partial charge in [0, 0.05) is 13.5 Å². The van der Waals surface area contributed by atoms with Crippen molar-refractivity contribution in [3.8, 4) is 0 Å².